The van der Waals surface area contributed by atoms with Crippen LogP contribution in [0.5, 0.6) is 5.75 Å². The summed E-state index contributed by atoms with van der Waals surface area (Å²) in [5.41, 5.74) is -0.185. The number of Topliss-reactive ketones (excluding diaryl/α,β-unsaturated/α-hetero) is 2. The van der Waals surface area contributed by atoms with E-state index in [1.165, 1.54) is 0 Å². The Balaban J connectivity index is 2.34. The molecular formula is C17H22O3Te. The van der Waals surface area contributed by atoms with Crippen LogP contribution in [0.1, 0.15) is 33.6 Å². The van der Waals surface area contributed by atoms with Crippen molar-refractivity contribution < 1.29 is 14.3 Å². The molecule has 0 aromatic heterocycles. The molecule has 0 bridgehead atoms. The number of hydrogen-bond acceptors (Lipinski definition) is 3. The van der Waals surface area contributed by atoms with E-state index in [0.717, 1.165) is 9.36 Å². The third-order valence-electron chi connectivity index (χ3n) is 3.58. The standard InChI is InChI=1S/C17H22O3Te/c1-5-20-12-6-8-13(9-7-12)21(4)16-14(18)10-17(2,3)11-15(16)19/h6-9H,5,10-11H2,1-4H3. The van der Waals surface area contributed by atoms with Crippen LogP contribution < -0.4 is 8.35 Å². The Morgan fingerprint density at radius 2 is 1.62 bits per heavy atom. The Morgan fingerprint density at radius 3 is 2.10 bits per heavy atom. The molecule has 0 atom stereocenters. The van der Waals surface area contributed by atoms with E-state index < -0.39 is 19.1 Å². The van der Waals surface area contributed by atoms with E-state index in [4.69, 9.17) is 4.74 Å². The third-order valence-corrected chi connectivity index (χ3v) is 9.42. The number of carbonyl (C=O) groups is 2. The van der Waals surface area contributed by atoms with Crippen molar-refractivity contribution in [1.82, 2.24) is 0 Å². The molecule has 0 radical (unpaired) electrons. The molecule has 0 spiro atoms. The van der Waals surface area contributed by atoms with E-state index >= 15 is 0 Å². The summed E-state index contributed by atoms with van der Waals surface area (Å²) in [6.07, 6.45) is 0.993. The molecule has 21 heavy (non-hydrogen) atoms. The van der Waals surface area contributed by atoms with Gasteiger partial charge in [-0.25, -0.2) is 0 Å². The number of ketones is 2. The topological polar surface area (TPSA) is 43.4 Å². The molecule has 0 saturated heterocycles. The number of rotatable bonds is 3. The van der Waals surface area contributed by atoms with Crippen LogP contribution in [0, 0.1) is 5.41 Å². The first kappa shape index (κ1) is 16.4. The molecule has 3 nitrogen and oxygen atoms in total. The van der Waals surface area contributed by atoms with Gasteiger partial charge in [-0.1, -0.05) is 0 Å². The van der Waals surface area contributed by atoms with E-state index in [1.54, 1.807) is 0 Å². The second kappa shape index (κ2) is 6.42. The molecule has 0 aliphatic heterocycles. The molecular weight excluding hydrogens is 380 g/mol. The van der Waals surface area contributed by atoms with Crippen molar-refractivity contribution in [2.24, 2.45) is 5.41 Å². The number of carbonyl (C=O) groups excluding carboxylic acids is 2. The normalized spacial score (nSPS) is 18.2. The van der Waals surface area contributed by atoms with Crippen molar-refractivity contribution >= 4 is 37.8 Å². The van der Waals surface area contributed by atoms with Crippen LogP contribution in [0.3, 0.4) is 0 Å². The second-order valence-corrected chi connectivity index (χ2v) is 11.5. The molecule has 0 amide bonds. The zero-order chi connectivity index (χ0) is 15.6. The van der Waals surface area contributed by atoms with E-state index in [-0.39, 0.29) is 17.0 Å². The zero-order valence-electron chi connectivity index (χ0n) is 13.1. The van der Waals surface area contributed by atoms with Gasteiger partial charge >= 0.3 is 133 Å². The molecule has 1 fully saturated rings. The van der Waals surface area contributed by atoms with Crippen molar-refractivity contribution in [1.29, 1.82) is 0 Å². The van der Waals surface area contributed by atoms with Crippen LogP contribution in [0.2, 0.25) is 4.97 Å². The summed E-state index contributed by atoms with van der Waals surface area (Å²) >= 11 is -2.04. The Kier molecular flexibility index (Phi) is 5.01. The minimum absolute atomic E-state index is 0.0734. The summed E-state index contributed by atoms with van der Waals surface area (Å²) in [5.74, 6) is 0.980. The molecule has 1 aliphatic carbocycles. The first-order valence-electron chi connectivity index (χ1n) is 7.16. The van der Waals surface area contributed by atoms with Gasteiger partial charge in [0.25, 0.3) is 0 Å². The predicted molar refractivity (Wildman–Crippen MR) is 86.9 cm³/mol. The summed E-state index contributed by atoms with van der Waals surface area (Å²) in [5, 5.41) is 0. The molecule has 0 unspecified atom stereocenters. The minimum atomic E-state index is -2.04. The van der Waals surface area contributed by atoms with Gasteiger partial charge in [-0.05, 0) is 0 Å². The quantitative estimate of drug-likeness (QED) is 0.729. The van der Waals surface area contributed by atoms with Gasteiger partial charge in [0, 0.05) is 0 Å². The van der Waals surface area contributed by atoms with Gasteiger partial charge in [-0.15, -0.1) is 0 Å². The summed E-state index contributed by atoms with van der Waals surface area (Å²) in [6, 6.07) is 7.88. The molecule has 1 aromatic carbocycles. The second-order valence-electron chi connectivity index (χ2n) is 6.11. The van der Waals surface area contributed by atoms with Crippen LogP contribution in [0.4, 0.5) is 0 Å². The number of ether oxygens (including phenoxy) is 1. The van der Waals surface area contributed by atoms with E-state index in [0.29, 0.717) is 23.0 Å². The summed E-state index contributed by atoms with van der Waals surface area (Å²) in [6.45, 7) is 6.57. The van der Waals surface area contributed by atoms with Crippen molar-refractivity contribution in [2.45, 2.75) is 38.6 Å². The van der Waals surface area contributed by atoms with Crippen LogP contribution in [-0.2, 0) is 9.59 Å². The Morgan fingerprint density at radius 1 is 1.10 bits per heavy atom. The maximum absolute atomic E-state index is 12.4. The first-order valence-corrected chi connectivity index (χ1v) is 11.8. The molecule has 0 heterocycles. The summed E-state index contributed by atoms with van der Waals surface area (Å²) in [7, 11) is 0. The SMILES string of the molecule is CCOc1ccc([Te](C)=C2C(=O)CC(C)(C)CC2=O)cc1. The van der Waals surface area contributed by atoms with Gasteiger partial charge in [-0.3, -0.25) is 0 Å². The van der Waals surface area contributed by atoms with Gasteiger partial charge in [0.15, 0.2) is 0 Å². The van der Waals surface area contributed by atoms with Gasteiger partial charge in [-0.2, -0.15) is 0 Å². The number of benzene rings is 1. The van der Waals surface area contributed by atoms with E-state index in [1.807, 2.05) is 45.0 Å². The molecule has 1 saturated carbocycles. The molecule has 2 rings (SSSR count). The van der Waals surface area contributed by atoms with Gasteiger partial charge in [0.05, 0.1) is 0 Å². The fraction of sp³-hybridized carbons (Fsp3) is 0.471. The molecule has 4 heteroatoms. The van der Waals surface area contributed by atoms with Crippen molar-refractivity contribution in [3.05, 3.63) is 24.3 Å². The molecule has 1 aliphatic rings. The van der Waals surface area contributed by atoms with Crippen LogP contribution in [0.25, 0.3) is 0 Å². The summed E-state index contributed by atoms with van der Waals surface area (Å²) in [4.78, 5) is 26.8. The van der Waals surface area contributed by atoms with Gasteiger partial charge < -0.3 is 0 Å². The van der Waals surface area contributed by atoms with Crippen LogP contribution in [-0.4, -0.2) is 40.8 Å². The van der Waals surface area contributed by atoms with Crippen molar-refractivity contribution in [3.8, 4) is 5.75 Å². The average molecular weight is 402 g/mol. The monoisotopic (exact) mass is 404 g/mol. The summed E-state index contributed by atoms with van der Waals surface area (Å²) < 4.78 is 7.21. The molecule has 0 N–H and O–H groups in total. The van der Waals surface area contributed by atoms with Crippen LogP contribution in [0.15, 0.2) is 24.3 Å². The van der Waals surface area contributed by atoms with Crippen LogP contribution >= 0.6 is 0 Å². The fourth-order valence-corrected chi connectivity index (χ4v) is 7.20. The Labute approximate surface area is 132 Å². The third kappa shape index (κ3) is 3.81. The Hall–Kier alpha value is -0.980. The zero-order valence-corrected chi connectivity index (χ0v) is 15.4. The predicted octanol–water partition coefficient (Wildman–Crippen LogP) is 2.13. The maximum atomic E-state index is 12.4. The average Bonchev–Trinajstić information content (AvgIpc) is 2.37. The van der Waals surface area contributed by atoms with Crippen molar-refractivity contribution in [3.63, 3.8) is 0 Å². The van der Waals surface area contributed by atoms with E-state index in [2.05, 4.69) is 4.97 Å². The first-order chi connectivity index (χ1) is 9.84. The van der Waals surface area contributed by atoms with Gasteiger partial charge in [0.1, 0.15) is 0 Å². The number of hydrogen-bond donors (Lipinski definition) is 0. The molecule has 1 aromatic rings. The van der Waals surface area contributed by atoms with Crippen molar-refractivity contribution in [2.75, 3.05) is 6.61 Å². The Bertz CT molecular complexity index is 575. The van der Waals surface area contributed by atoms with E-state index in [9.17, 15) is 9.59 Å². The van der Waals surface area contributed by atoms with Gasteiger partial charge in [0.2, 0.25) is 0 Å². The fourth-order valence-electron chi connectivity index (χ4n) is 2.61. The molecule has 114 valence electrons.